The summed E-state index contributed by atoms with van der Waals surface area (Å²) >= 11 is 0. The van der Waals surface area contributed by atoms with Gasteiger partial charge in [0.15, 0.2) is 0 Å². The number of carbonyl (C=O) groups excluding carboxylic acids is 1. The maximum Gasteiger partial charge on any atom is 0.234 e. The Labute approximate surface area is 130 Å². The van der Waals surface area contributed by atoms with Gasteiger partial charge in [-0.05, 0) is 42.8 Å². The Balaban J connectivity index is 1.68. The van der Waals surface area contributed by atoms with Crippen molar-refractivity contribution in [3.63, 3.8) is 0 Å². The first kappa shape index (κ1) is 16.1. The molecule has 1 heterocycles. The lowest BCUT2D eigenvalue weighted by atomic mass is 10.2. The molecule has 5 heteroatoms. The van der Waals surface area contributed by atoms with Gasteiger partial charge in [0.1, 0.15) is 5.82 Å². The van der Waals surface area contributed by atoms with Crippen LogP contribution in [-0.4, -0.2) is 35.9 Å². The first-order valence-corrected chi connectivity index (χ1v) is 7.22. The third kappa shape index (κ3) is 5.61. The average Bonchev–Trinajstić information content (AvgIpc) is 2.50. The standard InChI is InChI=1S/C17H20FN3O/c1-21(12-15-4-6-16(18)7-5-15)13-17(22)20-10-8-14-3-2-9-19-11-14/h2-7,9,11H,8,10,12-13H2,1H3,(H,20,22). The summed E-state index contributed by atoms with van der Waals surface area (Å²) in [4.78, 5) is 17.8. The largest absolute Gasteiger partial charge is 0.355 e. The first-order valence-electron chi connectivity index (χ1n) is 7.22. The summed E-state index contributed by atoms with van der Waals surface area (Å²) in [6, 6.07) is 10.2. The molecule has 0 radical (unpaired) electrons. The van der Waals surface area contributed by atoms with E-state index < -0.39 is 0 Å². The molecule has 2 aromatic rings. The van der Waals surface area contributed by atoms with E-state index in [4.69, 9.17) is 0 Å². The maximum absolute atomic E-state index is 12.8. The zero-order chi connectivity index (χ0) is 15.8. The number of nitrogens with one attached hydrogen (secondary N) is 1. The molecule has 0 aliphatic carbocycles. The van der Waals surface area contributed by atoms with Crippen LogP contribution in [0.3, 0.4) is 0 Å². The molecule has 2 rings (SSSR count). The van der Waals surface area contributed by atoms with E-state index in [-0.39, 0.29) is 11.7 Å². The Morgan fingerprint density at radius 2 is 2.00 bits per heavy atom. The fraction of sp³-hybridized carbons (Fsp3) is 0.294. The number of amides is 1. The van der Waals surface area contributed by atoms with Gasteiger partial charge in [-0.15, -0.1) is 0 Å². The lowest BCUT2D eigenvalue weighted by Gasteiger charge is -2.16. The van der Waals surface area contributed by atoms with Crippen molar-refractivity contribution in [1.29, 1.82) is 0 Å². The number of benzene rings is 1. The van der Waals surface area contributed by atoms with Crippen LogP contribution in [-0.2, 0) is 17.8 Å². The van der Waals surface area contributed by atoms with Gasteiger partial charge in [0.05, 0.1) is 6.54 Å². The van der Waals surface area contributed by atoms with Crippen molar-refractivity contribution in [3.8, 4) is 0 Å². The van der Waals surface area contributed by atoms with Gasteiger partial charge in [-0.25, -0.2) is 4.39 Å². The second-order valence-corrected chi connectivity index (χ2v) is 5.26. The molecule has 0 saturated carbocycles. The van der Waals surface area contributed by atoms with Crippen molar-refractivity contribution < 1.29 is 9.18 Å². The molecular formula is C17H20FN3O. The van der Waals surface area contributed by atoms with E-state index in [2.05, 4.69) is 10.3 Å². The molecule has 0 aliphatic rings. The third-order valence-electron chi connectivity index (χ3n) is 3.24. The van der Waals surface area contributed by atoms with Crippen molar-refractivity contribution in [3.05, 3.63) is 65.7 Å². The summed E-state index contributed by atoms with van der Waals surface area (Å²) in [5.74, 6) is -0.270. The number of pyridine rings is 1. The van der Waals surface area contributed by atoms with Crippen LogP contribution in [0.15, 0.2) is 48.8 Å². The highest BCUT2D eigenvalue weighted by molar-refractivity contribution is 5.77. The van der Waals surface area contributed by atoms with Crippen molar-refractivity contribution in [2.45, 2.75) is 13.0 Å². The van der Waals surface area contributed by atoms with E-state index in [0.29, 0.717) is 19.6 Å². The van der Waals surface area contributed by atoms with E-state index in [9.17, 15) is 9.18 Å². The Morgan fingerprint density at radius 1 is 1.23 bits per heavy atom. The Kier molecular flexibility index (Phi) is 6.03. The molecule has 0 saturated heterocycles. The summed E-state index contributed by atoms with van der Waals surface area (Å²) in [5, 5.41) is 2.89. The number of aromatic nitrogens is 1. The van der Waals surface area contributed by atoms with Crippen molar-refractivity contribution in [2.75, 3.05) is 20.1 Å². The molecule has 0 fully saturated rings. The minimum atomic E-state index is -0.250. The average molecular weight is 301 g/mol. The van der Waals surface area contributed by atoms with Gasteiger partial charge in [-0.3, -0.25) is 14.7 Å². The molecule has 0 bridgehead atoms. The van der Waals surface area contributed by atoms with Gasteiger partial charge in [-0.2, -0.15) is 0 Å². The molecule has 0 aliphatic heterocycles. The van der Waals surface area contributed by atoms with E-state index in [0.717, 1.165) is 17.5 Å². The summed E-state index contributed by atoms with van der Waals surface area (Å²) in [6.07, 6.45) is 4.29. The smallest absolute Gasteiger partial charge is 0.234 e. The fourth-order valence-electron chi connectivity index (χ4n) is 2.15. The van der Waals surface area contributed by atoms with Gasteiger partial charge < -0.3 is 5.32 Å². The third-order valence-corrected chi connectivity index (χ3v) is 3.24. The predicted octanol–water partition coefficient (Wildman–Crippen LogP) is 2.01. The molecule has 0 spiro atoms. The predicted molar refractivity (Wildman–Crippen MR) is 83.7 cm³/mol. The number of hydrogen-bond donors (Lipinski definition) is 1. The van der Waals surface area contributed by atoms with E-state index in [1.54, 1.807) is 24.5 Å². The molecular weight excluding hydrogens is 281 g/mol. The number of rotatable bonds is 7. The highest BCUT2D eigenvalue weighted by Crippen LogP contribution is 2.05. The van der Waals surface area contributed by atoms with Crippen LogP contribution in [0.25, 0.3) is 0 Å². The summed E-state index contributed by atoms with van der Waals surface area (Å²) in [7, 11) is 1.87. The Hall–Kier alpha value is -2.27. The summed E-state index contributed by atoms with van der Waals surface area (Å²) in [5.41, 5.74) is 2.08. The first-order chi connectivity index (χ1) is 10.6. The minimum absolute atomic E-state index is 0.0199. The molecule has 1 N–H and O–H groups in total. The van der Waals surface area contributed by atoms with Gasteiger partial charge in [0.25, 0.3) is 0 Å². The lowest BCUT2D eigenvalue weighted by molar-refractivity contribution is -0.122. The summed E-state index contributed by atoms with van der Waals surface area (Å²) < 4.78 is 12.8. The van der Waals surface area contributed by atoms with Crippen molar-refractivity contribution >= 4 is 5.91 Å². The van der Waals surface area contributed by atoms with E-state index >= 15 is 0 Å². The van der Waals surface area contributed by atoms with Crippen molar-refractivity contribution in [2.24, 2.45) is 0 Å². The second kappa shape index (κ2) is 8.24. The van der Waals surface area contributed by atoms with Gasteiger partial charge in [-0.1, -0.05) is 18.2 Å². The van der Waals surface area contributed by atoms with Crippen LogP contribution in [0.2, 0.25) is 0 Å². The van der Waals surface area contributed by atoms with Crippen molar-refractivity contribution in [1.82, 2.24) is 15.2 Å². The molecule has 1 aromatic heterocycles. The zero-order valence-corrected chi connectivity index (χ0v) is 12.6. The number of halogens is 1. The zero-order valence-electron chi connectivity index (χ0n) is 12.6. The monoisotopic (exact) mass is 301 g/mol. The number of nitrogens with zero attached hydrogens (tertiary/aromatic N) is 2. The molecule has 1 aromatic carbocycles. The highest BCUT2D eigenvalue weighted by Gasteiger charge is 2.07. The quantitative estimate of drug-likeness (QED) is 0.851. The van der Waals surface area contributed by atoms with Crippen LogP contribution in [0.4, 0.5) is 4.39 Å². The molecule has 1 amide bonds. The Bertz CT molecular complexity index is 587. The van der Waals surface area contributed by atoms with Crippen LogP contribution >= 0.6 is 0 Å². The minimum Gasteiger partial charge on any atom is -0.355 e. The highest BCUT2D eigenvalue weighted by atomic mass is 19.1. The lowest BCUT2D eigenvalue weighted by Crippen LogP contribution is -2.35. The number of hydrogen-bond acceptors (Lipinski definition) is 3. The van der Waals surface area contributed by atoms with Crippen LogP contribution < -0.4 is 5.32 Å². The van der Waals surface area contributed by atoms with Crippen LogP contribution in [0.1, 0.15) is 11.1 Å². The molecule has 0 atom stereocenters. The molecule has 0 unspecified atom stereocenters. The maximum atomic E-state index is 12.8. The van der Waals surface area contributed by atoms with Gasteiger partial charge in [0, 0.05) is 25.5 Å². The molecule has 22 heavy (non-hydrogen) atoms. The van der Waals surface area contributed by atoms with Gasteiger partial charge in [0.2, 0.25) is 5.91 Å². The normalized spacial score (nSPS) is 10.7. The van der Waals surface area contributed by atoms with E-state index in [1.165, 1.54) is 12.1 Å². The SMILES string of the molecule is CN(CC(=O)NCCc1cccnc1)Cc1ccc(F)cc1. The Morgan fingerprint density at radius 3 is 2.68 bits per heavy atom. The van der Waals surface area contributed by atoms with Crippen LogP contribution in [0.5, 0.6) is 0 Å². The van der Waals surface area contributed by atoms with E-state index in [1.807, 2.05) is 24.1 Å². The second-order valence-electron chi connectivity index (χ2n) is 5.26. The number of carbonyl (C=O) groups is 1. The topological polar surface area (TPSA) is 45.2 Å². The fourth-order valence-corrected chi connectivity index (χ4v) is 2.15. The van der Waals surface area contributed by atoms with Gasteiger partial charge >= 0.3 is 0 Å². The molecule has 4 nitrogen and oxygen atoms in total. The van der Waals surface area contributed by atoms with Crippen LogP contribution in [0, 0.1) is 5.82 Å². The summed E-state index contributed by atoms with van der Waals surface area (Å²) in [6.45, 7) is 1.51. The number of likely N-dealkylation sites (N-methyl/N-ethyl adjacent to an activating group) is 1. The molecule has 116 valence electrons.